The smallest absolute Gasteiger partial charge is 0.250 e. The Morgan fingerprint density at radius 2 is 1.96 bits per heavy atom. The standard InChI is InChI=1S/C17H19ClN2O3/c1-19(12-13-23-15-7-5-14(18)6-8-15)16(21)9-11-20-10-3-2-4-17(20)22/h2-8,10H,9,11-13H2,1H3. The zero-order valence-corrected chi connectivity index (χ0v) is 13.7. The number of amides is 1. The lowest BCUT2D eigenvalue weighted by molar-refractivity contribution is -0.130. The van der Waals surface area contributed by atoms with Crippen molar-refractivity contribution in [3.63, 3.8) is 0 Å². The summed E-state index contributed by atoms with van der Waals surface area (Å²) in [7, 11) is 1.72. The Morgan fingerprint density at radius 1 is 1.22 bits per heavy atom. The monoisotopic (exact) mass is 334 g/mol. The van der Waals surface area contributed by atoms with E-state index in [9.17, 15) is 9.59 Å². The van der Waals surface area contributed by atoms with E-state index in [4.69, 9.17) is 16.3 Å². The van der Waals surface area contributed by atoms with Crippen LogP contribution in [0.3, 0.4) is 0 Å². The molecule has 0 unspecified atom stereocenters. The van der Waals surface area contributed by atoms with Crippen molar-refractivity contribution in [3.8, 4) is 5.75 Å². The van der Waals surface area contributed by atoms with Gasteiger partial charge in [0.1, 0.15) is 12.4 Å². The first kappa shape index (κ1) is 17.1. The Kier molecular flexibility index (Phi) is 6.23. The summed E-state index contributed by atoms with van der Waals surface area (Å²) >= 11 is 5.80. The summed E-state index contributed by atoms with van der Waals surface area (Å²) in [6, 6.07) is 12.0. The van der Waals surface area contributed by atoms with Gasteiger partial charge >= 0.3 is 0 Å². The number of likely N-dealkylation sites (N-methyl/N-ethyl adjacent to an activating group) is 1. The number of ether oxygens (including phenoxy) is 1. The van der Waals surface area contributed by atoms with Crippen LogP contribution in [0.15, 0.2) is 53.5 Å². The summed E-state index contributed by atoms with van der Waals surface area (Å²) < 4.78 is 7.08. The number of rotatable bonds is 7. The number of hydrogen-bond acceptors (Lipinski definition) is 3. The minimum absolute atomic E-state index is 0.0274. The minimum atomic E-state index is -0.103. The number of carbonyl (C=O) groups is 1. The number of pyridine rings is 1. The summed E-state index contributed by atoms with van der Waals surface area (Å²) in [6.45, 7) is 1.25. The van der Waals surface area contributed by atoms with Gasteiger partial charge in [-0.15, -0.1) is 0 Å². The lowest BCUT2D eigenvalue weighted by Gasteiger charge is -2.17. The van der Waals surface area contributed by atoms with E-state index >= 15 is 0 Å². The molecule has 0 aliphatic heterocycles. The van der Waals surface area contributed by atoms with Gasteiger partial charge < -0.3 is 14.2 Å². The zero-order valence-electron chi connectivity index (χ0n) is 12.9. The van der Waals surface area contributed by atoms with Gasteiger partial charge in [-0.25, -0.2) is 0 Å². The van der Waals surface area contributed by atoms with Gasteiger partial charge in [0.2, 0.25) is 5.91 Å². The first-order valence-corrected chi connectivity index (χ1v) is 7.72. The second-order valence-electron chi connectivity index (χ2n) is 5.10. The molecule has 2 rings (SSSR count). The summed E-state index contributed by atoms with van der Waals surface area (Å²) in [4.78, 5) is 25.2. The van der Waals surface area contributed by atoms with Crippen LogP contribution in [0.5, 0.6) is 5.75 Å². The van der Waals surface area contributed by atoms with E-state index in [0.717, 1.165) is 0 Å². The molecule has 1 aromatic heterocycles. The molecule has 0 saturated heterocycles. The van der Waals surface area contributed by atoms with Crippen molar-refractivity contribution in [1.82, 2.24) is 9.47 Å². The van der Waals surface area contributed by atoms with Crippen molar-refractivity contribution < 1.29 is 9.53 Å². The highest BCUT2D eigenvalue weighted by molar-refractivity contribution is 6.30. The third-order valence-electron chi connectivity index (χ3n) is 3.40. The van der Waals surface area contributed by atoms with Crippen LogP contribution < -0.4 is 10.3 Å². The molecule has 0 spiro atoms. The fraction of sp³-hybridized carbons (Fsp3) is 0.294. The van der Waals surface area contributed by atoms with Gasteiger partial charge in [-0.2, -0.15) is 0 Å². The van der Waals surface area contributed by atoms with E-state index < -0.39 is 0 Å². The largest absolute Gasteiger partial charge is 0.492 e. The molecule has 23 heavy (non-hydrogen) atoms. The van der Waals surface area contributed by atoms with E-state index in [1.165, 1.54) is 10.6 Å². The molecule has 0 bridgehead atoms. The highest BCUT2D eigenvalue weighted by Crippen LogP contribution is 2.15. The fourth-order valence-electron chi connectivity index (χ4n) is 2.01. The van der Waals surface area contributed by atoms with Crippen LogP contribution in [0.1, 0.15) is 6.42 Å². The first-order valence-electron chi connectivity index (χ1n) is 7.34. The van der Waals surface area contributed by atoms with Crippen LogP contribution in [-0.2, 0) is 11.3 Å². The van der Waals surface area contributed by atoms with Gasteiger partial charge in [0.15, 0.2) is 0 Å². The number of hydrogen-bond donors (Lipinski definition) is 0. The normalized spacial score (nSPS) is 10.3. The second-order valence-corrected chi connectivity index (χ2v) is 5.54. The SMILES string of the molecule is CN(CCOc1ccc(Cl)cc1)C(=O)CCn1ccccc1=O. The average molecular weight is 335 g/mol. The first-order chi connectivity index (χ1) is 11.1. The highest BCUT2D eigenvalue weighted by Gasteiger charge is 2.09. The van der Waals surface area contributed by atoms with Gasteiger partial charge in [-0.1, -0.05) is 17.7 Å². The van der Waals surface area contributed by atoms with Gasteiger partial charge in [-0.3, -0.25) is 9.59 Å². The minimum Gasteiger partial charge on any atom is -0.492 e. The molecule has 0 saturated carbocycles. The molecule has 1 heterocycles. The van der Waals surface area contributed by atoms with Crippen LogP contribution in [0.4, 0.5) is 0 Å². The molecule has 0 aliphatic rings. The molecule has 6 heteroatoms. The number of aryl methyl sites for hydroxylation is 1. The van der Waals surface area contributed by atoms with E-state index in [1.54, 1.807) is 54.5 Å². The Morgan fingerprint density at radius 3 is 2.65 bits per heavy atom. The number of aromatic nitrogens is 1. The second kappa shape index (κ2) is 8.39. The van der Waals surface area contributed by atoms with Gasteiger partial charge in [0.25, 0.3) is 5.56 Å². The van der Waals surface area contributed by atoms with Crippen molar-refractivity contribution in [2.45, 2.75) is 13.0 Å². The van der Waals surface area contributed by atoms with E-state index in [1.807, 2.05) is 0 Å². The predicted octanol–water partition coefficient (Wildman–Crippen LogP) is 2.43. The Labute approximate surface area is 140 Å². The number of nitrogens with zero attached hydrogens (tertiary/aromatic N) is 2. The highest BCUT2D eigenvalue weighted by atomic mass is 35.5. The Balaban J connectivity index is 1.73. The lowest BCUT2D eigenvalue weighted by Crippen LogP contribution is -2.32. The Bertz CT molecular complexity index is 697. The summed E-state index contributed by atoms with van der Waals surface area (Å²) in [6.07, 6.45) is 1.96. The topological polar surface area (TPSA) is 51.5 Å². The van der Waals surface area contributed by atoms with E-state index in [-0.39, 0.29) is 17.9 Å². The molecule has 5 nitrogen and oxygen atoms in total. The average Bonchev–Trinajstić information content (AvgIpc) is 2.55. The van der Waals surface area contributed by atoms with Crippen molar-refractivity contribution in [3.05, 3.63) is 64.0 Å². The maximum Gasteiger partial charge on any atom is 0.250 e. The molecule has 1 aromatic carbocycles. The maximum absolute atomic E-state index is 12.1. The summed E-state index contributed by atoms with van der Waals surface area (Å²) in [5.41, 5.74) is -0.103. The number of benzene rings is 1. The molecule has 1 amide bonds. The number of halogens is 1. The summed E-state index contributed by atoms with van der Waals surface area (Å²) in [5, 5.41) is 0.654. The lowest BCUT2D eigenvalue weighted by atomic mass is 10.3. The molecule has 122 valence electrons. The fourth-order valence-corrected chi connectivity index (χ4v) is 2.13. The molecule has 0 atom stereocenters. The molecule has 0 N–H and O–H groups in total. The molecule has 0 radical (unpaired) electrons. The van der Waals surface area contributed by atoms with Crippen LogP contribution in [0.2, 0.25) is 5.02 Å². The van der Waals surface area contributed by atoms with Crippen molar-refractivity contribution in [2.75, 3.05) is 20.2 Å². The van der Waals surface area contributed by atoms with Crippen molar-refractivity contribution in [2.24, 2.45) is 0 Å². The number of carbonyl (C=O) groups excluding carboxylic acids is 1. The van der Waals surface area contributed by atoms with E-state index in [2.05, 4.69) is 0 Å². The van der Waals surface area contributed by atoms with Crippen molar-refractivity contribution in [1.29, 1.82) is 0 Å². The quantitative estimate of drug-likeness (QED) is 0.781. The van der Waals surface area contributed by atoms with Gasteiger partial charge in [0.05, 0.1) is 6.54 Å². The third kappa shape index (κ3) is 5.45. The van der Waals surface area contributed by atoms with Crippen LogP contribution >= 0.6 is 11.6 Å². The van der Waals surface area contributed by atoms with Crippen LogP contribution in [0.25, 0.3) is 0 Å². The maximum atomic E-state index is 12.1. The van der Waals surface area contributed by atoms with Crippen LogP contribution in [-0.4, -0.2) is 35.6 Å². The van der Waals surface area contributed by atoms with Crippen LogP contribution in [0, 0.1) is 0 Å². The van der Waals surface area contributed by atoms with Crippen molar-refractivity contribution >= 4 is 17.5 Å². The molecule has 0 fully saturated rings. The van der Waals surface area contributed by atoms with E-state index in [0.29, 0.717) is 30.5 Å². The van der Waals surface area contributed by atoms with Gasteiger partial charge in [0, 0.05) is 37.3 Å². The summed E-state index contributed by atoms with van der Waals surface area (Å²) in [5.74, 6) is 0.687. The Hall–Kier alpha value is -2.27. The molecule has 0 aliphatic carbocycles. The van der Waals surface area contributed by atoms with Gasteiger partial charge in [-0.05, 0) is 30.3 Å². The zero-order chi connectivity index (χ0) is 16.7. The molecular formula is C17H19ClN2O3. The third-order valence-corrected chi connectivity index (χ3v) is 3.65. The molecular weight excluding hydrogens is 316 g/mol. The molecule has 2 aromatic rings. The predicted molar refractivity (Wildman–Crippen MR) is 89.9 cm³/mol.